The summed E-state index contributed by atoms with van der Waals surface area (Å²) in [6, 6.07) is 0.747. The van der Waals surface area contributed by atoms with Crippen molar-refractivity contribution in [3.63, 3.8) is 0 Å². The van der Waals surface area contributed by atoms with Gasteiger partial charge >= 0.3 is 11.9 Å². The fourth-order valence-electron chi connectivity index (χ4n) is 11.2. The summed E-state index contributed by atoms with van der Waals surface area (Å²) in [6.45, 7) is 13.3. The van der Waals surface area contributed by atoms with E-state index in [0.29, 0.717) is 41.7 Å². The summed E-state index contributed by atoms with van der Waals surface area (Å²) in [5.74, 6) is 2.57. The molecule has 0 aromatic rings. The first-order valence-corrected chi connectivity index (χ1v) is 17.1. The van der Waals surface area contributed by atoms with Crippen molar-refractivity contribution in [3.8, 4) is 0 Å². The fraction of sp³-hybridized carbons (Fsp3) is 0.941. The fourth-order valence-corrected chi connectivity index (χ4v) is 11.2. The summed E-state index contributed by atoms with van der Waals surface area (Å²) in [7, 11) is 0. The van der Waals surface area contributed by atoms with Crippen molar-refractivity contribution in [3.05, 3.63) is 0 Å². The number of fused-ring (bicyclic) bond motifs is 5. The molecule has 0 N–H and O–H groups in total. The molecule has 0 aromatic heterocycles. The van der Waals surface area contributed by atoms with Crippen LogP contribution in [0.2, 0.25) is 0 Å². The molecular formula is C34H56N2O4. The summed E-state index contributed by atoms with van der Waals surface area (Å²) in [6.07, 6.45) is 16.7. The van der Waals surface area contributed by atoms with Crippen LogP contribution in [0.15, 0.2) is 0 Å². The lowest BCUT2D eigenvalue weighted by Gasteiger charge is -2.62. The molecule has 6 rings (SSSR count). The van der Waals surface area contributed by atoms with E-state index < -0.39 is 0 Å². The zero-order chi connectivity index (χ0) is 28.1. The highest BCUT2D eigenvalue weighted by Gasteiger charge is 2.65. The Bertz CT molecular complexity index is 929. The molecule has 2 aliphatic heterocycles. The predicted octanol–water partition coefficient (Wildman–Crippen LogP) is 6.21. The summed E-state index contributed by atoms with van der Waals surface area (Å²) in [5.41, 5.74) is 0.375. The highest BCUT2D eigenvalue weighted by molar-refractivity contribution is 5.69. The van der Waals surface area contributed by atoms with E-state index in [2.05, 4.69) is 23.6 Å². The molecule has 0 bridgehead atoms. The van der Waals surface area contributed by atoms with Gasteiger partial charge in [-0.2, -0.15) is 0 Å². The zero-order valence-corrected chi connectivity index (χ0v) is 25.9. The van der Waals surface area contributed by atoms with Crippen molar-refractivity contribution in [2.24, 2.45) is 34.5 Å². The molecule has 6 heteroatoms. The maximum absolute atomic E-state index is 12.7. The van der Waals surface area contributed by atoms with Gasteiger partial charge < -0.3 is 9.47 Å². The van der Waals surface area contributed by atoms with Crippen molar-refractivity contribution in [2.75, 3.05) is 26.2 Å². The van der Waals surface area contributed by atoms with E-state index in [9.17, 15) is 9.59 Å². The lowest BCUT2D eigenvalue weighted by Crippen LogP contribution is -2.61. The van der Waals surface area contributed by atoms with E-state index in [4.69, 9.17) is 9.47 Å². The number of rotatable bonds is 5. The van der Waals surface area contributed by atoms with Gasteiger partial charge in [-0.3, -0.25) is 19.4 Å². The van der Waals surface area contributed by atoms with Crippen LogP contribution >= 0.6 is 0 Å². The van der Waals surface area contributed by atoms with Crippen LogP contribution in [-0.2, 0) is 19.1 Å². The number of piperidine rings is 2. The van der Waals surface area contributed by atoms with Crippen LogP contribution in [-0.4, -0.2) is 72.2 Å². The number of hydrogen-bond acceptors (Lipinski definition) is 6. The molecular weight excluding hydrogens is 500 g/mol. The van der Waals surface area contributed by atoms with Crippen molar-refractivity contribution in [1.29, 1.82) is 0 Å². The van der Waals surface area contributed by atoms with Crippen LogP contribution in [0.3, 0.4) is 0 Å². The standard InChI is InChI=1S/C34H56N2O4/c1-5-31(38)40-32-28(35-16-8-6-9-17-35)21-27-25-13-12-24-20-30(39-23(2)37)29(36-18-10-7-11-19-36)22-34(24,4)26(25)14-15-33(27,32)3/h24-30,32H,5-22H2,1-4H3/t24-,25+,26-,27-,28-,29-,30-,32?,33-,34-/m0/s1. The Morgan fingerprint density at radius 3 is 2.05 bits per heavy atom. The molecule has 6 fully saturated rings. The van der Waals surface area contributed by atoms with E-state index in [1.54, 1.807) is 6.92 Å². The van der Waals surface area contributed by atoms with Gasteiger partial charge in [-0.15, -0.1) is 0 Å². The minimum absolute atomic E-state index is 0.0140. The number of hydrogen-bond donors (Lipinski definition) is 0. The van der Waals surface area contributed by atoms with E-state index >= 15 is 0 Å². The summed E-state index contributed by atoms with van der Waals surface area (Å²) >= 11 is 0. The van der Waals surface area contributed by atoms with Crippen molar-refractivity contribution < 1.29 is 19.1 Å². The molecule has 10 atom stereocenters. The number of carbonyl (C=O) groups excluding carboxylic acids is 2. The summed E-state index contributed by atoms with van der Waals surface area (Å²) in [4.78, 5) is 30.3. The molecule has 2 saturated heterocycles. The number of carbonyl (C=O) groups is 2. The number of nitrogens with zero attached hydrogens (tertiary/aromatic N) is 2. The Hall–Kier alpha value is -1.14. The molecule has 0 radical (unpaired) electrons. The van der Waals surface area contributed by atoms with E-state index in [0.717, 1.165) is 38.5 Å². The second kappa shape index (κ2) is 11.5. The van der Waals surface area contributed by atoms with Crippen LogP contribution in [0, 0.1) is 34.5 Å². The van der Waals surface area contributed by atoms with Crippen molar-refractivity contribution >= 4 is 11.9 Å². The summed E-state index contributed by atoms with van der Waals surface area (Å²) < 4.78 is 12.5. The number of ether oxygens (including phenoxy) is 2. The third kappa shape index (κ3) is 5.05. The first kappa shape index (κ1) is 29.0. The number of likely N-dealkylation sites (tertiary alicyclic amines) is 2. The molecule has 4 aliphatic carbocycles. The highest BCUT2D eigenvalue weighted by atomic mass is 16.5. The lowest BCUT2D eigenvalue weighted by molar-refractivity contribution is -0.180. The second-order valence-electron chi connectivity index (χ2n) is 15.1. The Balaban J connectivity index is 1.27. The van der Waals surface area contributed by atoms with E-state index in [-0.39, 0.29) is 29.6 Å². The first-order chi connectivity index (χ1) is 19.2. The topological polar surface area (TPSA) is 59.1 Å². The van der Waals surface area contributed by atoms with Crippen LogP contribution in [0.1, 0.15) is 118 Å². The van der Waals surface area contributed by atoms with Crippen LogP contribution < -0.4 is 0 Å². The molecule has 6 aliphatic rings. The van der Waals surface area contributed by atoms with Crippen LogP contribution in [0.25, 0.3) is 0 Å². The van der Waals surface area contributed by atoms with Crippen LogP contribution in [0.4, 0.5) is 0 Å². The quantitative estimate of drug-likeness (QED) is 0.375. The Morgan fingerprint density at radius 2 is 1.43 bits per heavy atom. The minimum atomic E-state index is -0.111. The summed E-state index contributed by atoms with van der Waals surface area (Å²) in [5, 5.41) is 0. The Morgan fingerprint density at radius 1 is 0.775 bits per heavy atom. The average Bonchev–Trinajstić information content (AvgIpc) is 3.25. The smallest absolute Gasteiger partial charge is 0.305 e. The van der Waals surface area contributed by atoms with Gasteiger partial charge in [0.1, 0.15) is 12.2 Å². The molecule has 6 nitrogen and oxygen atoms in total. The Labute approximate surface area is 243 Å². The monoisotopic (exact) mass is 556 g/mol. The highest BCUT2D eigenvalue weighted by Crippen LogP contribution is 2.67. The molecule has 1 unspecified atom stereocenters. The third-order valence-corrected chi connectivity index (χ3v) is 13.2. The molecule has 40 heavy (non-hydrogen) atoms. The third-order valence-electron chi connectivity index (χ3n) is 13.2. The molecule has 0 amide bonds. The van der Waals surface area contributed by atoms with E-state index in [1.165, 1.54) is 77.0 Å². The van der Waals surface area contributed by atoms with Gasteiger partial charge in [-0.1, -0.05) is 33.6 Å². The maximum Gasteiger partial charge on any atom is 0.305 e. The Kier molecular flexibility index (Phi) is 8.33. The first-order valence-electron chi connectivity index (χ1n) is 17.1. The second-order valence-corrected chi connectivity index (χ2v) is 15.1. The van der Waals surface area contributed by atoms with Gasteiger partial charge in [0.05, 0.1) is 0 Å². The molecule has 2 heterocycles. The van der Waals surface area contributed by atoms with Gasteiger partial charge in [0.15, 0.2) is 0 Å². The average molecular weight is 557 g/mol. The van der Waals surface area contributed by atoms with Crippen molar-refractivity contribution in [2.45, 2.75) is 142 Å². The molecule has 0 spiro atoms. The molecule has 226 valence electrons. The van der Waals surface area contributed by atoms with E-state index in [1.807, 2.05) is 6.92 Å². The largest absolute Gasteiger partial charge is 0.461 e. The lowest BCUT2D eigenvalue weighted by atomic mass is 9.44. The maximum atomic E-state index is 12.7. The normalized spacial score (nSPS) is 46.1. The predicted molar refractivity (Wildman–Crippen MR) is 157 cm³/mol. The van der Waals surface area contributed by atoms with Gasteiger partial charge in [0.25, 0.3) is 0 Å². The molecule has 4 saturated carbocycles. The molecule has 0 aromatic carbocycles. The van der Waals surface area contributed by atoms with Gasteiger partial charge in [0, 0.05) is 30.8 Å². The van der Waals surface area contributed by atoms with Crippen molar-refractivity contribution in [1.82, 2.24) is 9.80 Å². The zero-order valence-electron chi connectivity index (χ0n) is 25.9. The minimum Gasteiger partial charge on any atom is -0.461 e. The number of esters is 2. The SMILES string of the molecule is CCC(=O)OC1[C@@H](N2CCCCC2)C[C@H]2[C@@H]3CC[C@H]4C[C@H](OC(C)=O)[C@@H](N5CCCCC5)C[C@]4(C)[C@H]3CC[C@]12C. The van der Waals surface area contributed by atoms with Gasteiger partial charge in [0.2, 0.25) is 0 Å². The van der Waals surface area contributed by atoms with Crippen LogP contribution in [0.5, 0.6) is 0 Å². The van der Waals surface area contributed by atoms with Gasteiger partial charge in [-0.05, 0) is 126 Å². The van der Waals surface area contributed by atoms with Gasteiger partial charge in [-0.25, -0.2) is 0 Å².